The maximum Gasteiger partial charge on any atom is 0.410 e. The number of nitrogens with zero attached hydrogens (tertiary/aromatic N) is 1. The summed E-state index contributed by atoms with van der Waals surface area (Å²) in [5.74, 6) is 0. The molecule has 0 aliphatic rings. The summed E-state index contributed by atoms with van der Waals surface area (Å²) < 4.78 is 5.28. The summed E-state index contributed by atoms with van der Waals surface area (Å²) in [6.45, 7) is 6.08. The molecule has 2 N–H and O–H groups in total. The second-order valence-electron chi connectivity index (χ2n) is 5.10. The van der Waals surface area contributed by atoms with Crippen LogP contribution in [0.2, 0.25) is 0 Å². The fraction of sp³-hybridized carbons (Fsp3) is 0.462. The number of rotatable bonds is 3. The van der Waals surface area contributed by atoms with Crippen LogP contribution in [0.4, 0.5) is 4.79 Å². The first-order valence-electron chi connectivity index (χ1n) is 5.71. The van der Waals surface area contributed by atoms with E-state index in [9.17, 15) is 4.79 Å². The van der Waals surface area contributed by atoms with Gasteiger partial charge in [0.15, 0.2) is 0 Å². The van der Waals surface area contributed by atoms with Crippen LogP contribution in [0.5, 0.6) is 0 Å². The Labute approximate surface area is 113 Å². The summed E-state index contributed by atoms with van der Waals surface area (Å²) in [6, 6.07) is 7.78. The number of benzene rings is 1. The molecule has 0 unspecified atom stereocenters. The number of ether oxygens (including phenoxy) is 1. The number of carbonyl (C=O) groups excluding carboxylic acids is 1. The minimum Gasteiger partial charge on any atom is -0.444 e. The van der Waals surface area contributed by atoms with Gasteiger partial charge < -0.3 is 9.64 Å². The topological polar surface area (TPSA) is 55.6 Å². The Balaban J connectivity index is 2.58. The van der Waals surface area contributed by atoms with E-state index >= 15 is 0 Å². The van der Waals surface area contributed by atoms with Crippen molar-refractivity contribution in [1.29, 1.82) is 0 Å². The first kappa shape index (κ1) is 14.9. The van der Waals surface area contributed by atoms with E-state index in [0.717, 1.165) is 10.5 Å². The molecule has 0 saturated carbocycles. The number of amides is 1. The number of carbonyl (C=O) groups is 1. The van der Waals surface area contributed by atoms with Gasteiger partial charge in [0.05, 0.1) is 0 Å². The maximum absolute atomic E-state index is 11.8. The van der Waals surface area contributed by atoms with E-state index in [-0.39, 0.29) is 6.09 Å². The smallest absolute Gasteiger partial charge is 0.410 e. The number of nitrogens with two attached hydrogens (primary N) is 1. The Morgan fingerprint density at radius 3 is 2.33 bits per heavy atom. The van der Waals surface area contributed by atoms with Gasteiger partial charge in [-0.15, -0.1) is 0 Å². The van der Waals surface area contributed by atoms with Gasteiger partial charge in [-0.1, -0.05) is 12.1 Å². The summed E-state index contributed by atoms with van der Waals surface area (Å²) in [5, 5.41) is 5.45. The molecule has 1 aromatic carbocycles. The molecule has 0 atom stereocenters. The highest BCUT2D eigenvalue weighted by Gasteiger charge is 2.19. The molecule has 0 radical (unpaired) electrons. The van der Waals surface area contributed by atoms with Crippen molar-refractivity contribution in [2.45, 2.75) is 37.8 Å². The number of hydrogen-bond acceptors (Lipinski definition) is 4. The lowest BCUT2D eigenvalue weighted by atomic mass is 10.2. The predicted octanol–water partition coefficient (Wildman–Crippen LogP) is 3.02. The zero-order chi connectivity index (χ0) is 13.8. The highest BCUT2D eigenvalue weighted by atomic mass is 32.2. The largest absolute Gasteiger partial charge is 0.444 e. The fourth-order valence-electron chi connectivity index (χ4n) is 1.35. The lowest BCUT2D eigenvalue weighted by molar-refractivity contribution is 0.0285. The van der Waals surface area contributed by atoms with Crippen LogP contribution in [0.25, 0.3) is 0 Å². The van der Waals surface area contributed by atoms with E-state index in [1.807, 2.05) is 45.0 Å². The van der Waals surface area contributed by atoms with Crippen LogP contribution < -0.4 is 5.14 Å². The van der Waals surface area contributed by atoms with Crippen LogP contribution in [0, 0.1) is 0 Å². The van der Waals surface area contributed by atoms with Gasteiger partial charge in [-0.25, -0.2) is 4.79 Å². The minimum absolute atomic E-state index is 0.320. The molecule has 1 aromatic rings. The Bertz CT molecular complexity index is 398. The van der Waals surface area contributed by atoms with Gasteiger partial charge in [0.25, 0.3) is 0 Å². The average Bonchev–Trinajstić information content (AvgIpc) is 2.27. The van der Waals surface area contributed by atoms with Crippen molar-refractivity contribution in [2.75, 3.05) is 7.05 Å². The molecule has 0 bridgehead atoms. The third kappa shape index (κ3) is 4.98. The molecule has 100 valence electrons. The summed E-state index contributed by atoms with van der Waals surface area (Å²) in [5.41, 5.74) is 0.576. The lowest BCUT2D eigenvalue weighted by Gasteiger charge is -2.24. The van der Waals surface area contributed by atoms with Crippen LogP contribution in [0.3, 0.4) is 0 Å². The van der Waals surface area contributed by atoms with Crippen molar-refractivity contribution >= 4 is 18.0 Å². The van der Waals surface area contributed by atoms with E-state index in [0.29, 0.717) is 6.54 Å². The van der Waals surface area contributed by atoms with Crippen LogP contribution in [-0.4, -0.2) is 23.6 Å². The third-order valence-corrected chi connectivity index (χ3v) is 2.73. The molecular formula is C13H20N2O2S. The summed E-state index contributed by atoms with van der Waals surface area (Å²) in [4.78, 5) is 14.3. The molecular weight excluding hydrogens is 248 g/mol. The standard InChI is InChI=1S/C13H20N2O2S/c1-13(2,3)17-12(16)15(4)9-10-5-7-11(18-14)8-6-10/h5-8H,9,14H2,1-4H3. The Kier molecular flexibility index (Phi) is 5.04. The van der Waals surface area contributed by atoms with E-state index in [1.54, 1.807) is 11.9 Å². The predicted molar refractivity (Wildman–Crippen MR) is 74.2 cm³/mol. The molecule has 0 aliphatic carbocycles. The minimum atomic E-state index is -0.467. The third-order valence-electron chi connectivity index (χ3n) is 2.18. The van der Waals surface area contributed by atoms with Gasteiger partial charge in [-0.2, -0.15) is 0 Å². The summed E-state index contributed by atoms with van der Waals surface area (Å²) in [7, 11) is 1.72. The Hall–Kier alpha value is -1.20. The Morgan fingerprint density at radius 1 is 1.33 bits per heavy atom. The van der Waals surface area contributed by atoms with Crippen LogP contribution in [0.15, 0.2) is 29.2 Å². The normalized spacial score (nSPS) is 11.2. The van der Waals surface area contributed by atoms with Crippen LogP contribution in [0.1, 0.15) is 26.3 Å². The molecule has 0 spiro atoms. The van der Waals surface area contributed by atoms with E-state index in [2.05, 4.69) is 0 Å². The van der Waals surface area contributed by atoms with Gasteiger partial charge in [-0.05, 0) is 50.4 Å². The first-order valence-corrected chi connectivity index (χ1v) is 6.59. The van der Waals surface area contributed by atoms with Crippen molar-refractivity contribution in [3.05, 3.63) is 29.8 Å². The quantitative estimate of drug-likeness (QED) is 0.856. The molecule has 5 heteroatoms. The van der Waals surface area contributed by atoms with Crippen LogP contribution >= 0.6 is 11.9 Å². The van der Waals surface area contributed by atoms with E-state index in [4.69, 9.17) is 9.88 Å². The lowest BCUT2D eigenvalue weighted by Crippen LogP contribution is -2.33. The van der Waals surface area contributed by atoms with Crippen molar-refractivity contribution in [3.63, 3.8) is 0 Å². The average molecular weight is 268 g/mol. The highest BCUT2D eigenvalue weighted by Crippen LogP contribution is 2.15. The molecule has 1 amide bonds. The van der Waals surface area contributed by atoms with Gasteiger partial charge in [-0.3, -0.25) is 5.14 Å². The van der Waals surface area contributed by atoms with Gasteiger partial charge in [0.2, 0.25) is 0 Å². The SMILES string of the molecule is CN(Cc1ccc(SN)cc1)C(=O)OC(C)(C)C. The van der Waals surface area contributed by atoms with Gasteiger partial charge in [0.1, 0.15) is 5.60 Å². The number of hydrogen-bond donors (Lipinski definition) is 1. The van der Waals surface area contributed by atoms with E-state index < -0.39 is 5.60 Å². The van der Waals surface area contributed by atoms with Gasteiger partial charge >= 0.3 is 6.09 Å². The van der Waals surface area contributed by atoms with E-state index in [1.165, 1.54) is 11.9 Å². The highest BCUT2D eigenvalue weighted by molar-refractivity contribution is 7.97. The molecule has 0 aromatic heterocycles. The second-order valence-corrected chi connectivity index (χ2v) is 5.81. The van der Waals surface area contributed by atoms with Crippen molar-refractivity contribution in [1.82, 2.24) is 4.90 Å². The Morgan fingerprint density at radius 2 is 1.89 bits per heavy atom. The van der Waals surface area contributed by atoms with Crippen molar-refractivity contribution < 1.29 is 9.53 Å². The van der Waals surface area contributed by atoms with Gasteiger partial charge in [0, 0.05) is 18.5 Å². The molecule has 18 heavy (non-hydrogen) atoms. The summed E-state index contributed by atoms with van der Waals surface area (Å²) in [6.07, 6.45) is -0.320. The first-order chi connectivity index (χ1) is 8.31. The van der Waals surface area contributed by atoms with Crippen molar-refractivity contribution in [2.24, 2.45) is 5.14 Å². The monoisotopic (exact) mass is 268 g/mol. The van der Waals surface area contributed by atoms with Crippen LogP contribution in [-0.2, 0) is 11.3 Å². The van der Waals surface area contributed by atoms with Crippen molar-refractivity contribution in [3.8, 4) is 0 Å². The molecule has 0 aliphatic heterocycles. The molecule has 1 rings (SSSR count). The fourth-order valence-corrected chi connectivity index (χ4v) is 1.64. The second kappa shape index (κ2) is 6.11. The molecule has 0 saturated heterocycles. The maximum atomic E-state index is 11.8. The molecule has 0 fully saturated rings. The zero-order valence-electron chi connectivity index (χ0n) is 11.3. The molecule has 0 heterocycles. The zero-order valence-corrected chi connectivity index (χ0v) is 12.1. The summed E-state index contributed by atoms with van der Waals surface area (Å²) >= 11 is 1.21. The molecule has 4 nitrogen and oxygen atoms in total.